The summed E-state index contributed by atoms with van der Waals surface area (Å²) in [6.07, 6.45) is 3.22. The third-order valence-electron chi connectivity index (χ3n) is 5.84. The summed E-state index contributed by atoms with van der Waals surface area (Å²) in [5.74, 6) is 0.603. The Balaban J connectivity index is 1.68. The molecule has 0 aliphatic carbocycles. The van der Waals surface area contributed by atoms with Crippen molar-refractivity contribution in [2.45, 2.75) is 18.1 Å². The molecule has 1 amide bonds. The molecule has 2 aromatic carbocycles. The number of guanidine groups is 1. The molecule has 3 heterocycles. The second kappa shape index (κ2) is 6.96. The minimum atomic E-state index is -1.16. The summed E-state index contributed by atoms with van der Waals surface area (Å²) in [4.78, 5) is 27.1. The third-order valence-corrected chi connectivity index (χ3v) is 5.84. The molecule has 0 fully saturated rings. The van der Waals surface area contributed by atoms with Crippen LogP contribution in [0.3, 0.4) is 0 Å². The van der Waals surface area contributed by atoms with E-state index in [-0.39, 0.29) is 18.0 Å². The summed E-state index contributed by atoms with van der Waals surface area (Å²) in [6, 6.07) is 17.2. The average Bonchev–Trinajstić information content (AvgIpc) is 3.03. The molecule has 3 aromatic rings. The molecule has 152 valence electrons. The van der Waals surface area contributed by atoms with Crippen molar-refractivity contribution >= 4 is 17.6 Å². The van der Waals surface area contributed by atoms with Gasteiger partial charge in [-0.2, -0.15) is 0 Å². The molecule has 2 aliphatic rings. The molecule has 0 saturated heterocycles. The Morgan fingerprint density at radius 3 is 2.68 bits per heavy atom. The Hall–Kier alpha value is -4.18. The highest BCUT2D eigenvalue weighted by Crippen LogP contribution is 2.50. The van der Waals surface area contributed by atoms with Gasteiger partial charge in [-0.3, -0.25) is 14.7 Å². The summed E-state index contributed by atoms with van der Waals surface area (Å²) < 4.78 is 6.31. The van der Waals surface area contributed by atoms with Crippen LogP contribution >= 0.6 is 0 Å². The van der Waals surface area contributed by atoms with E-state index in [0.717, 1.165) is 16.7 Å². The Morgan fingerprint density at radius 2 is 1.97 bits per heavy atom. The van der Waals surface area contributed by atoms with Crippen LogP contribution in [0.15, 0.2) is 72.0 Å². The van der Waals surface area contributed by atoms with E-state index in [2.05, 4.69) is 14.8 Å². The highest BCUT2D eigenvalue weighted by molar-refractivity contribution is 6.07. The molecule has 31 heavy (non-hydrogen) atoms. The first-order valence-corrected chi connectivity index (χ1v) is 9.84. The molecular weight excluding hydrogens is 390 g/mol. The minimum absolute atomic E-state index is 0.180. The van der Waals surface area contributed by atoms with E-state index in [4.69, 9.17) is 17.0 Å². The highest BCUT2D eigenvalue weighted by Gasteiger charge is 2.53. The number of hydrogen-bond donors (Lipinski definition) is 1. The van der Waals surface area contributed by atoms with Crippen molar-refractivity contribution < 1.29 is 9.53 Å². The van der Waals surface area contributed by atoms with E-state index < -0.39 is 5.54 Å². The summed E-state index contributed by atoms with van der Waals surface area (Å²) in [6.45, 7) is 7.24. The second-order valence-electron chi connectivity index (χ2n) is 7.67. The van der Waals surface area contributed by atoms with Crippen LogP contribution in [0, 0.1) is 6.57 Å². The number of hydrogen-bond acceptors (Lipinski definition) is 5. The van der Waals surface area contributed by atoms with E-state index in [1.165, 1.54) is 11.1 Å². The molecule has 7 heteroatoms. The van der Waals surface area contributed by atoms with Gasteiger partial charge in [0, 0.05) is 31.4 Å². The summed E-state index contributed by atoms with van der Waals surface area (Å²) >= 11 is 0. The standard InChI is InChI=1S/C24H19N5O2/c1-26-18-10-17(13-27-14-18)16-8-9-20-19(11-16)24(22(30)29(2)23(25)28-24)12-21(31-20)15-6-4-3-5-7-15/h3-11,13-14,21H,12H2,2H3,(H2,25,28). The smallest absolute Gasteiger partial charge is 0.261 e. The lowest BCUT2D eigenvalue weighted by molar-refractivity contribution is -0.132. The first kappa shape index (κ1) is 18.8. The van der Waals surface area contributed by atoms with Gasteiger partial charge in [-0.25, -0.2) is 9.84 Å². The number of fused-ring (bicyclic) bond motifs is 2. The van der Waals surface area contributed by atoms with E-state index in [0.29, 0.717) is 23.4 Å². The number of pyridine rings is 1. The summed E-state index contributed by atoms with van der Waals surface area (Å²) in [5, 5.41) is 0. The lowest BCUT2D eigenvalue weighted by Crippen LogP contribution is -2.43. The first-order chi connectivity index (χ1) is 15.0. The number of likely N-dealkylation sites (N-methyl/N-ethyl adjacent to an activating group) is 1. The quantitative estimate of drug-likeness (QED) is 0.653. The fraction of sp³-hybridized carbons (Fsp3) is 0.167. The number of rotatable bonds is 2. The molecule has 0 bridgehead atoms. The number of aliphatic imine (C=N–C) groups is 1. The predicted octanol–water partition coefficient (Wildman–Crippen LogP) is 3.81. The monoisotopic (exact) mass is 409 g/mol. The Labute approximate surface area is 179 Å². The predicted molar refractivity (Wildman–Crippen MR) is 116 cm³/mol. The van der Waals surface area contributed by atoms with Gasteiger partial charge in [-0.05, 0) is 34.9 Å². The minimum Gasteiger partial charge on any atom is -0.485 e. The number of ether oxygens (including phenoxy) is 1. The Morgan fingerprint density at radius 1 is 1.16 bits per heavy atom. The molecular formula is C24H19N5O2. The number of aromatic nitrogens is 1. The van der Waals surface area contributed by atoms with E-state index in [1.807, 2.05) is 48.5 Å². The zero-order valence-corrected chi connectivity index (χ0v) is 16.8. The van der Waals surface area contributed by atoms with Crippen LogP contribution in [0.1, 0.15) is 23.7 Å². The molecule has 7 nitrogen and oxygen atoms in total. The van der Waals surface area contributed by atoms with Crippen molar-refractivity contribution in [1.82, 2.24) is 9.88 Å². The lowest BCUT2D eigenvalue weighted by Gasteiger charge is -2.37. The van der Waals surface area contributed by atoms with Gasteiger partial charge in [0.15, 0.2) is 11.5 Å². The second-order valence-corrected chi connectivity index (χ2v) is 7.67. The molecule has 2 N–H and O–H groups in total. The van der Waals surface area contributed by atoms with Crippen LogP contribution in [0.25, 0.3) is 16.0 Å². The van der Waals surface area contributed by atoms with Crippen molar-refractivity contribution in [1.29, 1.82) is 0 Å². The van der Waals surface area contributed by atoms with Crippen LogP contribution in [0.5, 0.6) is 5.75 Å². The van der Waals surface area contributed by atoms with Crippen molar-refractivity contribution in [3.8, 4) is 16.9 Å². The van der Waals surface area contributed by atoms with Gasteiger partial charge in [0.2, 0.25) is 5.69 Å². The molecule has 2 atom stereocenters. The molecule has 2 aliphatic heterocycles. The average molecular weight is 409 g/mol. The van der Waals surface area contributed by atoms with Gasteiger partial charge in [0.1, 0.15) is 11.9 Å². The number of carbonyl (C=O) groups excluding carboxylic acids is 1. The zero-order chi connectivity index (χ0) is 21.6. The number of nitrogens with two attached hydrogens (primary N) is 1. The lowest BCUT2D eigenvalue weighted by atomic mass is 9.79. The fourth-order valence-corrected chi connectivity index (χ4v) is 4.22. The van der Waals surface area contributed by atoms with Crippen molar-refractivity contribution in [3.63, 3.8) is 0 Å². The van der Waals surface area contributed by atoms with Crippen molar-refractivity contribution in [2.24, 2.45) is 10.7 Å². The Kier molecular flexibility index (Phi) is 4.22. The van der Waals surface area contributed by atoms with Gasteiger partial charge >= 0.3 is 0 Å². The normalized spacial score (nSPS) is 21.9. The summed E-state index contributed by atoms with van der Waals surface area (Å²) in [7, 11) is 1.63. The van der Waals surface area contributed by atoms with Gasteiger partial charge in [0.05, 0.1) is 6.57 Å². The van der Waals surface area contributed by atoms with Gasteiger partial charge in [-0.1, -0.05) is 36.4 Å². The van der Waals surface area contributed by atoms with Gasteiger partial charge in [-0.15, -0.1) is 0 Å². The topological polar surface area (TPSA) is 85.2 Å². The SMILES string of the molecule is [C-]#[N+]c1cncc(-c2ccc3c(c2)C2(CC(c4ccccc4)O3)N=C(N)N(C)C2=O)c1. The highest BCUT2D eigenvalue weighted by atomic mass is 16.5. The first-order valence-electron chi connectivity index (χ1n) is 9.84. The van der Waals surface area contributed by atoms with Gasteiger partial charge in [0.25, 0.3) is 5.91 Å². The summed E-state index contributed by atoms with van der Waals surface area (Å²) in [5.41, 5.74) is 8.62. The Bertz CT molecular complexity index is 1260. The number of nitrogens with zero attached hydrogens (tertiary/aromatic N) is 4. The number of benzene rings is 2. The van der Waals surface area contributed by atoms with E-state index in [1.54, 1.807) is 19.3 Å². The molecule has 1 spiro atoms. The molecule has 5 rings (SSSR count). The number of amides is 1. The number of carbonyl (C=O) groups is 1. The zero-order valence-electron chi connectivity index (χ0n) is 16.8. The molecule has 2 unspecified atom stereocenters. The maximum Gasteiger partial charge on any atom is 0.261 e. The molecule has 0 saturated carbocycles. The largest absolute Gasteiger partial charge is 0.485 e. The van der Waals surface area contributed by atoms with Crippen LogP contribution in [-0.4, -0.2) is 28.8 Å². The molecule has 1 aromatic heterocycles. The van der Waals surface area contributed by atoms with E-state index in [9.17, 15) is 4.79 Å². The fourth-order valence-electron chi connectivity index (χ4n) is 4.22. The third kappa shape index (κ3) is 2.92. The van der Waals surface area contributed by atoms with Crippen LogP contribution in [0.4, 0.5) is 5.69 Å². The van der Waals surface area contributed by atoms with Crippen molar-refractivity contribution in [2.75, 3.05) is 7.05 Å². The maximum absolute atomic E-state index is 13.4. The maximum atomic E-state index is 13.4. The van der Waals surface area contributed by atoms with Crippen LogP contribution in [-0.2, 0) is 10.3 Å². The van der Waals surface area contributed by atoms with Crippen LogP contribution < -0.4 is 10.5 Å². The van der Waals surface area contributed by atoms with Crippen LogP contribution in [0.2, 0.25) is 0 Å². The molecule has 0 radical (unpaired) electrons. The van der Waals surface area contributed by atoms with Gasteiger partial charge < -0.3 is 10.5 Å². The van der Waals surface area contributed by atoms with E-state index >= 15 is 0 Å². The van der Waals surface area contributed by atoms with Crippen molar-refractivity contribution in [3.05, 3.63) is 89.5 Å².